The Morgan fingerprint density at radius 2 is 2.08 bits per heavy atom. The summed E-state index contributed by atoms with van der Waals surface area (Å²) in [5.41, 5.74) is 0.963. The van der Waals surface area contributed by atoms with Crippen LogP contribution in [0, 0.1) is 0 Å². The Kier molecular flexibility index (Phi) is 5.15. The van der Waals surface area contributed by atoms with Gasteiger partial charge in [0.1, 0.15) is 11.9 Å². The van der Waals surface area contributed by atoms with Gasteiger partial charge in [-0.25, -0.2) is 4.79 Å². The average molecular weight is 340 g/mol. The summed E-state index contributed by atoms with van der Waals surface area (Å²) in [6.07, 6.45) is 2.33. The van der Waals surface area contributed by atoms with Crippen LogP contribution < -0.4 is 5.32 Å². The highest BCUT2D eigenvalue weighted by Gasteiger charge is 2.21. The SMILES string of the molecule is Cn1ccc(NC(=O)N(Cc2ccccc2)C[C@H](O)c2ccco2)n1. The highest BCUT2D eigenvalue weighted by Crippen LogP contribution is 2.17. The fraction of sp³-hybridized carbons (Fsp3) is 0.222. The van der Waals surface area contributed by atoms with Gasteiger partial charge in [0.15, 0.2) is 5.82 Å². The van der Waals surface area contributed by atoms with Gasteiger partial charge in [-0.05, 0) is 17.7 Å². The quantitative estimate of drug-likeness (QED) is 0.723. The first-order chi connectivity index (χ1) is 12.1. The van der Waals surface area contributed by atoms with E-state index in [-0.39, 0.29) is 12.6 Å². The number of amides is 2. The molecule has 3 aromatic rings. The summed E-state index contributed by atoms with van der Waals surface area (Å²) in [5.74, 6) is 0.877. The number of anilines is 1. The van der Waals surface area contributed by atoms with E-state index < -0.39 is 6.10 Å². The number of hydrogen-bond donors (Lipinski definition) is 2. The molecule has 3 rings (SSSR count). The summed E-state index contributed by atoms with van der Waals surface area (Å²) in [6.45, 7) is 0.457. The van der Waals surface area contributed by atoms with E-state index in [4.69, 9.17) is 4.42 Å². The summed E-state index contributed by atoms with van der Waals surface area (Å²) in [5, 5.41) is 17.2. The number of urea groups is 1. The molecule has 2 aromatic heterocycles. The van der Waals surface area contributed by atoms with Crippen LogP contribution in [0.4, 0.5) is 10.6 Å². The molecule has 130 valence electrons. The number of furan rings is 1. The van der Waals surface area contributed by atoms with Crippen molar-refractivity contribution in [2.75, 3.05) is 11.9 Å². The Labute approximate surface area is 145 Å². The molecule has 2 N–H and O–H groups in total. The number of aliphatic hydroxyl groups is 1. The number of carbonyl (C=O) groups excluding carboxylic acids is 1. The molecule has 2 heterocycles. The largest absolute Gasteiger partial charge is 0.467 e. The number of nitrogens with one attached hydrogen (secondary N) is 1. The minimum Gasteiger partial charge on any atom is -0.467 e. The standard InChI is InChI=1S/C18H20N4O3/c1-21-10-9-17(20-21)19-18(24)22(12-14-6-3-2-4-7-14)13-15(23)16-8-5-11-25-16/h2-11,15,23H,12-13H2,1H3,(H,19,20,24)/t15-/m0/s1. The zero-order valence-electron chi connectivity index (χ0n) is 13.9. The topological polar surface area (TPSA) is 83.5 Å². The first kappa shape index (κ1) is 16.8. The van der Waals surface area contributed by atoms with Gasteiger partial charge in [-0.3, -0.25) is 10.00 Å². The number of benzene rings is 1. The van der Waals surface area contributed by atoms with Gasteiger partial charge in [0.25, 0.3) is 0 Å². The molecule has 7 nitrogen and oxygen atoms in total. The number of rotatable bonds is 6. The van der Waals surface area contributed by atoms with Crippen LogP contribution in [0.5, 0.6) is 0 Å². The highest BCUT2D eigenvalue weighted by atomic mass is 16.4. The van der Waals surface area contributed by atoms with Crippen LogP contribution in [-0.2, 0) is 13.6 Å². The lowest BCUT2D eigenvalue weighted by molar-refractivity contribution is 0.105. The van der Waals surface area contributed by atoms with Crippen molar-refractivity contribution < 1.29 is 14.3 Å². The van der Waals surface area contributed by atoms with Gasteiger partial charge in [-0.2, -0.15) is 5.10 Å². The third-order valence-electron chi connectivity index (χ3n) is 3.72. The van der Waals surface area contributed by atoms with Crippen molar-refractivity contribution in [3.8, 4) is 0 Å². The predicted molar refractivity (Wildman–Crippen MR) is 92.7 cm³/mol. The fourth-order valence-corrected chi connectivity index (χ4v) is 2.47. The summed E-state index contributed by atoms with van der Waals surface area (Å²) in [7, 11) is 1.78. The van der Waals surface area contributed by atoms with Crippen LogP contribution >= 0.6 is 0 Å². The van der Waals surface area contributed by atoms with Crippen LogP contribution in [0.3, 0.4) is 0 Å². The molecule has 7 heteroatoms. The van der Waals surface area contributed by atoms with Crippen molar-refractivity contribution in [3.63, 3.8) is 0 Å². The molecular weight excluding hydrogens is 320 g/mol. The molecule has 2 amide bonds. The molecule has 0 bridgehead atoms. The monoisotopic (exact) mass is 340 g/mol. The summed E-state index contributed by atoms with van der Waals surface area (Å²) in [6, 6.07) is 14.4. The number of aryl methyl sites for hydroxylation is 1. The Bertz CT molecular complexity index is 799. The third kappa shape index (κ3) is 4.48. The lowest BCUT2D eigenvalue weighted by Gasteiger charge is -2.24. The molecule has 0 aliphatic rings. The molecule has 0 unspecified atom stereocenters. The molecule has 0 spiro atoms. The predicted octanol–water partition coefficient (Wildman–Crippen LogP) is 2.78. The molecule has 0 fully saturated rings. The van der Waals surface area contributed by atoms with E-state index >= 15 is 0 Å². The third-order valence-corrected chi connectivity index (χ3v) is 3.72. The van der Waals surface area contributed by atoms with E-state index in [0.29, 0.717) is 18.1 Å². The van der Waals surface area contributed by atoms with Crippen LogP contribution in [0.15, 0.2) is 65.4 Å². The zero-order chi connectivity index (χ0) is 17.6. The highest BCUT2D eigenvalue weighted by molar-refractivity contribution is 5.88. The summed E-state index contributed by atoms with van der Waals surface area (Å²) < 4.78 is 6.83. The van der Waals surface area contributed by atoms with Crippen molar-refractivity contribution in [2.45, 2.75) is 12.6 Å². The zero-order valence-corrected chi connectivity index (χ0v) is 13.9. The normalized spacial score (nSPS) is 11.9. The minimum absolute atomic E-state index is 0.0983. The van der Waals surface area contributed by atoms with Crippen molar-refractivity contribution in [1.82, 2.24) is 14.7 Å². The summed E-state index contributed by atoms with van der Waals surface area (Å²) >= 11 is 0. The fourth-order valence-electron chi connectivity index (χ4n) is 2.47. The van der Waals surface area contributed by atoms with E-state index in [1.165, 1.54) is 11.2 Å². The summed E-state index contributed by atoms with van der Waals surface area (Å²) in [4.78, 5) is 14.2. The molecular formula is C18H20N4O3. The maximum absolute atomic E-state index is 12.7. The van der Waals surface area contributed by atoms with Crippen molar-refractivity contribution in [1.29, 1.82) is 0 Å². The maximum atomic E-state index is 12.7. The lowest BCUT2D eigenvalue weighted by atomic mass is 10.2. The van der Waals surface area contributed by atoms with Crippen molar-refractivity contribution in [2.24, 2.45) is 7.05 Å². The van der Waals surface area contributed by atoms with E-state index in [2.05, 4.69) is 10.4 Å². The minimum atomic E-state index is -0.909. The molecule has 0 saturated carbocycles. The Morgan fingerprint density at radius 1 is 1.28 bits per heavy atom. The average Bonchev–Trinajstić information content (AvgIpc) is 3.27. The van der Waals surface area contributed by atoms with Crippen LogP contribution in [-0.4, -0.2) is 32.4 Å². The van der Waals surface area contributed by atoms with Gasteiger partial charge in [0.05, 0.1) is 12.8 Å². The Hall–Kier alpha value is -3.06. The molecule has 0 radical (unpaired) electrons. The maximum Gasteiger partial charge on any atom is 0.323 e. The van der Waals surface area contributed by atoms with E-state index in [0.717, 1.165) is 5.56 Å². The second-order valence-corrected chi connectivity index (χ2v) is 5.70. The van der Waals surface area contributed by atoms with Crippen molar-refractivity contribution in [3.05, 3.63) is 72.3 Å². The van der Waals surface area contributed by atoms with E-state index in [9.17, 15) is 9.90 Å². The second-order valence-electron chi connectivity index (χ2n) is 5.70. The number of carbonyl (C=O) groups is 1. The molecule has 0 aliphatic heterocycles. The van der Waals surface area contributed by atoms with Crippen LogP contribution in [0.25, 0.3) is 0 Å². The molecule has 0 saturated heterocycles. The number of aromatic nitrogens is 2. The van der Waals surface area contributed by atoms with Gasteiger partial charge in [-0.1, -0.05) is 30.3 Å². The van der Waals surface area contributed by atoms with Crippen LogP contribution in [0.2, 0.25) is 0 Å². The Morgan fingerprint density at radius 3 is 2.72 bits per heavy atom. The van der Waals surface area contributed by atoms with Crippen LogP contribution in [0.1, 0.15) is 17.4 Å². The molecule has 1 aromatic carbocycles. The Balaban J connectivity index is 1.74. The number of nitrogens with zero attached hydrogens (tertiary/aromatic N) is 3. The van der Waals surface area contributed by atoms with Gasteiger partial charge in [0.2, 0.25) is 0 Å². The van der Waals surface area contributed by atoms with Gasteiger partial charge in [0, 0.05) is 25.9 Å². The molecule has 0 aliphatic carbocycles. The van der Waals surface area contributed by atoms with Crippen molar-refractivity contribution >= 4 is 11.8 Å². The van der Waals surface area contributed by atoms with Gasteiger partial charge >= 0.3 is 6.03 Å². The van der Waals surface area contributed by atoms with E-state index in [1.54, 1.807) is 36.1 Å². The van der Waals surface area contributed by atoms with Gasteiger partial charge in [-0.15, -0.1) is 0 Å². The first-order valence-corrected chi connectivity index (χ1v) is 7.93. The second kappa shape index (κ2) is 7.67. The molecule has 25 heavy (non-hydrogen) atoms. The smallest absolute Gasteiger partial charge is 0.323 e. The molecule has 1 atom stereocenters. The lowest BCUT2D eigenvalue weighted by Crippen LogP contribution is -2.37. The van der Waals surface area contributed by atoms with E-state index in [1.807, 2.05) is 30.3 Å². The first-order valence-electron chi connectivity index (χ1n) is 7.93. The number of hydrogen-bond acceptors (Lipinski definition) is 4. The number of aliphatic hydroxyl groups excluding tert-OH is 1. The van der Waals surface area contributed by atoms with Gasteiger partial charge < -0.3 is 14.4 Å².